The number of carbonyl (C=O) groups excluding carboxylic acids is 1. The zero-order chi connectivity index (χ0) is 16.8. The third-order valence-corrected chi connectivity index (χ3v) is 4.11. The first-order valence-electron chi connectivity index (χ1n) is 8.22. The Morgan fingerprint density at radius 2 is 1.75 bits per heavy atom. The summed E-state index contributed by atoms with van der Waals surface area (Å²) in [5.41, 5.74) is 2.93. The van der Waals surface area contributed by atoms with E-state index in [-0.39, 0.29) is 5.91 Å². The molecule has 0 unspecified atom stereocenters. The smallest absolute Gasteiger partial charge is 0.243 e. The minimum Gasteiger partial charge on any atom is -0.378 e. The molecule has 126 valence electrons. The molecular formula is C19H23N3O2. The Balaban J connectivity index is 1.66. The number of para-hydroxylation sites is 3. The van der Waals surface area contributed by atoms with E-state index in [0.29, 0.717) is 6.54 Å². The van der Waals surface area contributed by atoms with Crippen LogP contribution in [-0.4, -0.2) is 45.8 Å². The maximum Gasteiger partial charge on any atom is 0.243 e. The molecule has 1 fully saturated rings. The normalized spacial score (nSPS) is 14.3. The van der Waals surface area contributed by atoms with Gasteiger partial charge in [0.15, 0.2) is 0 Å². The van der Waals surface area contributed by atoms with Crippen LogP contribution in [0.5, 0.6) is 0 Å². The van der Waals surface area contributed by atoms with E-state index in [4.69, 9.17) is 4.74 Å². The Morgan fingerprint density at radius 1 is 1.08 bits per heavy atom. The maximum absolute atomic E-state index is 12.4. The first kappa shape index (κ1) is 16.3. The lowest BCUT2D eigenvalue weighted by Crippen LogP contribution is -2.37. The van der Waals surface area contributed by atoms with Gasteiger partial charge in [-0.3, -0.25) is 4.79 Å². The lowest BCUT2D eigenvalue weighted by molar-refractivity contribution is -0.114. The van der Waals surface area contributed by atoms with Crippen molar-refractivity contribution in [2.75, 3.05) is 55.0 Å². The van der Waals surface area contributed by atoms with E-state index < -0.39 is 0 Å². The van der Waals surface area contributed by atoms with E-state index in [1.54, 1.807) is 0 Å². The molecule has 0 aliphatic carbocycles. The molecule has 1 aliphatic heterocycles. The predicted molar refractivity (Wildman–Crippen MR) is 97.8 cm³/mol. The number of likely N-dealkylation sites (N-methyl/N-ethyl adjacent to an activating group) is 1. The van der Waals surface area contributed by atoms with Crippen molar-refractivity contribution in [1.29, 1.82) is 0 Å². The average Bonchev–Trinajstić information content (AvgIpc) is 2.63. The number of amides is 1. The number of nitrogens with one attached hydrogen (secondary N) is 1. The number of anilines is 3. The minimum absolute atomic E-state index is 0.0259. The third kappa shape index (κ3) is 4.06. The van der Waals surface area contributed by atoms with E-state index in [1.807, 2.05) is 66.5 Å². The van der Waals surface area contributed by atoms with Crippen molar-refractivity contribution in [3.63, 3.8) is 0 Å². The third-order valence-electron chi connectivity index (χ3n) is 4.11. The Bertz CT molecular complexity index is 669. The second-order valence-electron chi connectivity index (χ2n) is 5.86. The van der Waals surface area contributed by atoms with Crippen LogP contribution >= 0.6 is 0 Å². The summed E-state index contributed by atoms with van der Waals surface area (Å²) in [4.78, 5) is 16.6. The van der Waals surface area contributed by atoms with Gasteiger partial charge < -0.3 is 19.9 Å². The van der Waals surface area contributed by atoms with Crippen molar-refractivity contribution < 1.29 is 9.53 Å². The van der Waals surface area contributed by atoms with Gasteiger partial charge in [0.1, 0.15) is 0 Å². The number of hydrogen-bond donors (Lipinski definition) is 1. The van der Waals surface area contributed by atoms with Crippen LogP contribution in [0.4, 0.5) is 17.1 Å². The second-order valence-corrected chi connectivity index (χ2v) is 5.86. The first-order chi connectivity index (χ1) is 11.7. The standard InChI is InChI=1S/C19H23N3O2/c1-21(16-7-3-2-4-8-16)15-19(23)20-17-9-5-6-10-18(17)22-11-13-24-14-12-22/h2-10H,11-15H2,1H3,(H,20,23). The minimum atomic E-state index is -0.0259. The van der Waals surface area contributed by atoms with Gasteiger partial charge in [0.25, 0.3) is 0 Å². The topological polar surface area (TPSA) is 44.8 Å². The fraction of sp³-hybridized carbons (Fsp3) is 0.316. The molecule has 5 heteroatoms. The molecule has 1 N–H and O–H groups in total. The van der Waals surface area contributed by atoms with Crippen molar-refractivity contribution in [3.8, 4) is 0 Å². The molecule has 24 heavy (non-hydrogen) atoms. The zero-order valence-electron chi connectivity index (χ0n) is 13.9. The van der Waals surface area contributed by atoms with E-state index >= 15 is 0 Å². The van der Waals surface area contributed by atoms with E-state index in [0.717, 1.165) is 43.4 Å². The van der Waals surface area contributed by atoms with Crippen LogP contribution in [0.2, 0.25) is 0 Å². The van der Waals surface area contributed by atoms with Crippen molar-refractivity contribution in [3.05, 3.63) is 54.6 Å². The van der Waals surface area contributed by atoms with Gasteiger partial charge in [0.2, 0.25) is 5.91 Å². The van der Waals surface area contributed by atoms with Crippen molar-refractivity contribution in [2.24, 2.45) is 0 Å². The van der Waals surface area contributed by atoms with E-state index in [1.165, 1.54) is 0 Å². The number of carbonyl (C=O) groups is 1. The highest BCUT2D eigenvalue weighted by atomic mass is 16.5. The van der Waals surface area contributed by atoms with Gasteiger partial charge in [-0.2, -0.15) is 0 Å². The van der Waals surface area contributed by atoms with Crippen molar-refractivity contribution >= 4 is 23.0 Å². The van der Waals surface area contributed by atoms with Gasteiger partial charge in [-0.25, -0.2) is 0 Å². The number of rotatable bonds is 5. The number of morpholine rings is 1. The summed E-state index contributed by atoms with van der Waals surface area (Å²) in [5.74, 6) is -0.0259. The Hall–Kier alpha value is -2.53. The molecule has 0 spiro atoms. The van der Waals surface area contributed by atoms with Gasteiger partial charge >= 0.3 is 0 Å². The number of hydrogen-bond acceptors (Lipinski definition) is 4. The average molecular weight is 325 g/mol. The quantitative estimate of drug-likeness (QED) is 0.918. The van der Waals surface area contributed by atoms with E-state index in [9.17, 15) is 4.79 Å². The van der Waals surface area contributed by atoms with E-state index in [2.05, 4.69) is 10.2 Å². The summed E-state index contributed by atoms with van der Waals surface area (Å²) >= 11 is 0. The molecule has 1 aliphatic rings. The second kappa shape index (κ2) is 7.84. The molecule has 3 rings (SSSR count). The van der Waals surface area contributed by atoms with Crippen LogP contribution in [0.1, 0.15) is 0 Å². The van der Waals surface area contributed by atoms with Gasteiger partial charge in [-0.1, -0.05) is 30.3 Å². The van der Waals surface area contributed by atoms with Crippen LogP contribution in [-0.2, 0) is 9.53 Å². The zero-order valence-corrected chi connectivity index (χ0v) is 13.9. The highest BCUT2D eigenvalue weighted by Crippen LogP contribution is 2.26. The highest BCUT2D eigenvalue weighted by molar-refractivity contribution is 5.97. The Kier molecular flexibility index (Phi) is 5.33. The molecule has 0 radical (unpaired) electrons. The van der Waals surface area contributed by atoms with Crippen LogP contribution < -0.4 is 15.1 Å². The largest absolute Gasteiger partial charge is 0.378 e. The summed E-state index contributed by atoms with van der Waals surface area (Å²) in [6, 6.07) is 17.8. The van der Waals surface area contributed by atoms with Crippen LogP contribution in [0, 0.1) is 0 Å². The van der Waals surface area contributed by atoms with Crippen molar-refractivity contribution in [1.82, 2.24) is 0 Å². The summed E-state index contributed by atoms with van der Waals surface area (Å²) in [7, 11) is 1.92. The summed E-state index contributed by atoms with van der Waals surface area (Å²) in [6.07, 6.45) is 0. The molecule has 2 aromatic rings. The van der Waals surface area contributed by atoms with Gasteiger partial charge in [-0.15, -0.1) is 0 Å². The molecule has 1 saturated heterocycles. The maximum atomic E-state index is 12.4. The fourth-order valence-electron chi connectivity index (χ4n) is 2.84. The van der Waals surface area contributed by atoms with Crippen LogP contribution in [0.15, 0.2) is 54.6 Å². The van der Waals surface area contributed by atoms with Gasteiger partial charge in [0, 0.05) is 25.8 Å². The van der Waals surface area contributed by atoms with Gasteiger partial charge in [-0.05, 0) is 24.3 Å². The van der Waals surface area contributed by atoms with Crippen molar-refractivity contribution in [2.45, 2.75) is 0 Å². The lowest BCUT2D eigenvalue weighted by atomic mass is 10.2. The summed E-state index contributed by atoms with van der Waals surface area (Å²) in [6.45, 7) is 3.44. The molecule has 5 nitrogen and oxygen atoms in total. The monoisotopic (exact) mass is 325 g/mol. The predicted octanol–water partition coefficient (Wildman–Crippen LogP) is 2.60. The molecule has 0 atom stereocenters. The Labute approximate surface area is 142 Å². The molecule has 1 heterocycles. The molecule has 0 aromatic heterocycles. The Morgan fingerprint density at radius 3 is 2.50 bits per heavy atom. The SMILES string of the molecule is CN(CC(=O)Nc1ccccc1N1CCOCC1)c1ccccc1. The number of nitrogens with zero attached hydrogens (tertiary/aromatic N) is 2. The first-order valence-corrected chi connectivity index (χ1v) is 8.22. The highest BCUT2D eigenvalue weighted by Gasteiger charge is 2.16. The molecule has 1 amide bonds. The van der Waals surface area contributed by atoms with Crippen LogP contribution in [0.25, 0.3) is 0 Å². The summed E-state index contributed by atoms with van der Waals surface area (Å²) in [5, 5.41) is 3.05. The van der Waals surface area contributed by atoms with Gasteiger partial charge in [0.05, 0.1) is 31.1 Å². The molecule has 2 aromatic carbocycles. The van der Waals surface area contributed by atoms with Crippen LogP contribution in [0.3, 0.4) is 0 Å². The molecule has 0 bridgehead atoms. The lowest BCUT2D eigenvalue weighted by Gasteiger charge is -2.30. The molecule has 0 saturated carbocycles. The molecular weight excluding hydrogens is 302 g/mol. The number of ether oxygens (including phenoxy) is 1. The fourth-order valence-corrected chi connectivity index (χ4v) is 2.84. The number of benzene rings is 2. The summed E-state index contributed by atoms with van der Waals surface area (Å²) < 4.78 is 5.41.